The maximum absolute atomic E-state index is 10.9. The third kappa shape index (κ3) is 3.46. The van der Waals surface area contributed by atoms with Crippen molar-refractivity contribution >= 4 is 25.4 Å². The first-order valence-electron chi connectivity index (χ1n) is 5.88. The standard InChI is InChI=1S/C12H20N2O3Si/c1-12(2,3)17-9-6-8(14(15)16)7-10(11(9)13)18(4)5/h6-7,18H,13H2,1-5H3. The number of benzene rings is 1. The van der Waals surface area contributed by atoms with Crippen LogP contribution in [-0.4, -0.2) is 19.3 Å². The van der Waals surface area contributed by atoms with Gasteiger partial charge in [-0.05, 0) is 26.0 Å². The molecule has 0 unspecified atom stereocenters. The summed E-state index contributed by atoms with van der Waals surface area (Å²) >= 11 is 0. The SMILES string of the molecule is C[SiH](C)c1cc([N+](=O)[O-])cc(OC(C)(C)C)c1N. The fraction of sp³-hybridized carbons (Fsp3) is 0.500. The summed E-state index contributed by atoms with van der Waals surface area (Å²) in [5.41, 5.74) is 6.20. The molecule has 0 saturated carbocycles. The molecular weight excluding hydrogens is 248 g/mol. The average Bonchev–Trinajstić information content (AvgIpc) is 2.18. The zero-order valence-corrected chi connectivity index (χ0v) is 12.6. The second-order valence-corrected chi connectivity index (χ2v) is 8.50. The Balaban J connectivity index is 3.36. The van der Waals surface area contributed by atoms with Crippen molar-refractivity contribution in [3.63, 3.8) is 0 Å². The molecule has 100 valence electrons. The minimum Gasteiger partial charge on any atom is -0.486 e. The van der Waals surface area contributed by atoms with E-state index in [2.05, 4.69) is 13.1 Å². The number of rotatable bonds is 3. The van der Waals surface area contributed by atoms with Gasteiger partial charge in [-0.1, -0.05) is 13.1 Å². The molecule has 1 aromatic rings. The molecule has 0 radical (unpaired) electrons. The lowest BCUT2D eigenvalue weighted by atomic mass is 10.2. The lowest BCUT2D eigenvalue weighted by Gasteiger charge is -2.23. The Morgan fingerprint density at radius 3 is 2.28 bits per heavy atom. The molecule has 0 aliphatic carbocycles. The monoisotopic (exact) mass is 268 g/mol. The summed E-state index contributed by atoms with van der Waals surface area (Å²) in [4.78, 5) is 10.5. The van der Waals surface area contributed by atoms with Crippen LogP contribution >= 0.6 is 0 Å². The van der Waals surface area contributed by atoms with Gasteiger partial charge in [-0.2, -0.15) is 0 Å². The van der Waals surface area contributed by atoms with Gasteiger partial charge in [0, 0.05) is 6.07 Å². The summed E-state index contributed by atoms with van der Waals surface area (Å²) in [6.07, 6.45) is 0. The quantitative estimate of drug-likeness (QED) is 0.394. The van der Waals surface area contributed by atoms with Crippen LogP contribution in [0, 0.1) is 10.1 Å². The topological polar surface area (TPSA) is 78.4 Å². The van der Waals surface area contributed by atoms with Crippen LogP contribution in [0.1, 0.15) is 20.8 Å². The van der Waals surface area contributed by atoms with E-state index in [4.69, 9.17) is 10.5 Å². The van der Waals surface area contributed by atoms with Gasteiger partial charge in [0.2, 0.25) is 0 Å². The second-order valence-electron chi connectivity index (χ2n) is 5.57. The molecule has 5 nitrogen and oxygen atoms in total. The van der Waals surface area contributed by atoms with Crippen molar-refractivity contribution in [3.05, 3.63) is 22.2 Å². The van der Waals surface area contributed by atoms with Crippen LogP contribution < -0.4 is 15.7 Å². The molecule has 1 aromatic carbocycles. The van der Waals surface area contributed by atoms with Crippen molar-refractivity contribution in [1.82, 2.24) is 0 Å². The highest BCUT2D eigenvalue weighted by atomic mass is 28.3. The number of nitro benzene ring substituents is 1. The number of ether oxygens (including phenoxy) is 1. The van der Waals surface area contributed by atoms with Crippen molar-refractivity contribution in [2.24, 2.45) is 0 Å². The smallest absolute Gasteiger partial charge is 0.273 e. The molecule has 0 aliphatic heterocycles. The number of anilines is 1. The van der Waals surface area contributed by atoms with Gasteiger partial charge < -0.3 is 10.5 Å². The van der Waals surface area contributed by atoms with E-state index in [0.29, 0.717) is 11.4 Å². The lowest BCUT2D eigenvalue weighted by molar-refractivity contribution is -0.384. The molecule has 0 aromatic heterocycles. The first-order chi connectivity index (χ1) is 8.11. The number of nitrogens with zero attached hydrogens (tertiary/aromatic N) is 1. The third-order valence-electron chi connectivity index (χ3n) is 2.41. The second kappa shape index (κ2) is 4.97. The molecule has 0 spiro atoms. The van der Waals surface area contributed by atoms with E-state index < -0.39 is 19.3 Å². The van der Waals surface area contributed by atoms with E-state index in [-0.39, 0.29) is 5.69 Å². The number of nitrogen functional groups attached to an aromatic ring is 1. The van der Waals surface area contributed by atoms with Crippen LogP contribution in [-0.2, 0) is 0 Å². The Hall–Kier alpha value is -1.56. The molecule has 0 fully saturated rings. The van der Waals surface area contributed by atoms with Crippen LogP contribution in [0.3, 0.4) is 0 Å². The fourth-order valence-electron chi connectivity index (χ4n) is 1.63. The summed E-state index contributed by atoms with van der Waals surface area (Å²) in [5.74, 6) is 0.410. The van der Waals surface area contributed by atoms with Gasteiger partial charge >= 0.3 is 0 Å². The summed E-state index contributed by atoms with van der Waals surface area (Å²) in [6, 6.07) is 2.97. The van der Waals surface area contributed by atoms with Crippen molar-refractivity contribution in [2.75, 3.05) is 5.73 Å². The predicted octanol–water partition coefficient (Wildman–Crippen LogP) is 2.05. The molecule has 6 heteroatoms. The van der Waals surface area contributed by atoms with Crippen LogP contribution in [0.4, 0.5) is 11.4 Å². The first kappa shape index (κ1) is 14.5. The minimum absolute atomic E-state index is 0.0413. The van der Waals surface area contributed by atoms with Crippen LogP contribution in [0.2, 0.25) is 13.1 Å². The normalized spacial score (nSPS) is 11.7. The summed E-state index contributed by atoms with van der Waals surface area (Å²) in [6.45, 7) is 9.82. The molecule has 0 saturated heterocycles. The number of hydrogen-bond acceptors (Lipinski definition) is 4. The van der Waals surface area contributed by atoms with Crippen molar-refractivity contribution in [2.45, 2.75) is 39.5 Å². The number of nitrogens with two attached hydrogens (primary N) is 1. The Morgan fingerprint density at radius 2 is 1.89 bits per heavy atom. The molecule has 0 bridgehead atoms. The first-order valence-corrected chi connectivity index (χ1v) is 8.77. The minimum atomic E-state index is -1.24. The molecular formula is C12H20N2O3Si. The van der Waals surface area contributed by atoms with Crippen molar-refractivity contribution in [1.29, 1.82) is 0 Å². The van der Waals surface area contributed by atoms with Gasteiger partial charge in [-0.25, -0.2) is 0 Å². The zero-order valence-electron chi connectivity index (χ0n) is 11.5. The Morgan fingerprint density at radius 1 is 1.33 bits per heavy atom. The number of nitro groups is 1. The third-order valence-corrected chi connectivity index (χ3v) is 4.13. The highest BCUT2D eigenvalue weighted by Gasteiger charge is 2.21. The van der Waals surface area contributed by atoms with Gasteiger partial charge in [0.1, 0.15) is 11.4 Å². The van der Waals surface area contributed by atoms with Crippen molar-refractivity contribution in [3.8, 4) is 5.75 Å². The zero-order chi connectivity index (χ0) is 14.1. The molecule has 1 rings (SSSR count). The van der Waals surface area contributed by atoms with E-state index in [0.717, 1.165) is 5.19 Å². The van der Waals surface area contributed by atoms with E-state index in [1.807, 2.05) is 20.8 Å². The molecule has 18 heavy (non-hydrogen) atoms. The van der Waals surface area contributed by atoms with Gasteiger partial charge in [-0.3, -0.25) is 10.1 Å². The number of hydrogen-bond donors (Lipinski definition) is 1. The van der Waals surface area contributed by atoms with Crippen LogP contribution in [0.5, 0.6) is 5.75 Å². The van der Waals surface area contributed by atoms with Gasteiger partial charge in [0.05, 0.1) is 25.5 Å². The lowest BCUT2D eigenvalue weighted by Crippen LogP contribution is -2.29. The Labute approximate surface area is 109 Å². The van der Waals surface area contributed by atoms with Gasteiger partial charge in [0.25, 0.3) is 5.69 Å². The highest BCUT2D eigenvalue weighted by Crippen LogP contribution is 2.29. The fourth-order valence-corrected chi connectivity index (χ4v) is 2.90. The van der Waals surface area contributed by atoms with E-state index in [1.54, 1.807) is 6.07 Å². The van der Waals surface area contributed by atoms with E-state index in [9.17, 15) is 10.1 Å². The summed E-state index contributed by atoms with van der Waals surface area (Å²) in [7, 11) is -1.24. The summed E-state index contributed by atoms with van der Waals surface area (Å²) < 4.78 is 5.71. The summed E-state index contributed by atoms with van der Waals surface area (Å²) in [5, 5.41) is 11.8. The molecule has 0 amide bonds. The molecule has 2 N–H and O–H groups in total. The van der Waals surface area contributed by atoms with Gasteiger partial charge in [-0.15, -0.1) is 0 Å². The van der Waals surface area contributed by atoms with Crippen LogP contribution in [0.25, 0.3) is 0 Å². The number of non-ortho nitro benzene ring substituents is 1. The van der Waals surface area contributed by atoms with E-state index >= 15 is 0 Å². The Kier molecular flexibility index (Phi) is 4.01. The van der Waals surface area contributed by atoms with Gasteiger partial charge in [0.15, 0.2) is 0 Å². The maximum Gasteiger partial charge on any atom is 0.273 e. The largest absolute Gasteiger partial charge is 0.486 e. The highest BCUT2D eigenvalue weighted by molar-refractivity contribution is 6.72. The van der Waals surface area contributed by atoms with Crippen molar-refractivity contribution < 1.29 is 9.66 Å². The predicted molar refractivity (Wildman–Crippen MR) is 76.4 cm³/mol. The Bertz CT molecular complexity index is 467. The average molecular weight is 268 g/mol. The maximum atomic E-state index is 10.9. The molecule has 0 aliphatic rings. The molecule has 0 atom stereocenters. The molecule has 0 heterocycles. The van der Waals surface area contributed by atoms with Crippen LogP contribution in [0.15, 0.2) is 12.1 Å². The van der Waals surface area contributed by atoms with E-state index in [1.165, 1.54) is 6.07 Å².